The van der Waals surface area contributed by atoms with Gasteiger partial charge >= 0.3 is 0 Å². The van der Waals surface area contributed by atoms with E-state index >= 15 is 0 Å². The van der Waals surface area contributed by atoms with Crippen molar-refractivity contribution in [3.8, 4) is 5.69 Å². The van der Waals surface area contributed by atoms with E-state index in [2.05, 4.69) is 10.4 Å². The average Bonchev–Trinajstić information content (AvgIpc) is 2.54. The number of nitrogens with two attached hydrogens (primary N) is 1. The van der Waals surface area contributed by atoms with Crippen LogP contribution < -0.4 is 16.5 Å². The van der Waals surface area contributed by atoms with Crippen molar-refractivity contribution in [2.45, 2.75) is 26.3 Å². The summed E-state index contributed by atoms with van der Waals surface area (Å²) in [5.41, 5.74) is 4.27. The average molecular weight is 345 g/mol. The number of nitrogens with zero attached hydrogens (tertiary/aromatic N) is 3. The van der Waals surface area contributed by atoms with Gasteiger partial charge in [-0.3, -0.25) is 19.7 Å². The number of hydrogen-bond acceptors (Lipinski definition) is 6. The molecule has 3 N–H and O–H groups in total. The van der Waals surface area contributed by atoms with Crippen LogP contribution in [0.15, 0.2) is 35.1 Å². The number of aromatic nitrogens is 2. The Hall–Kier alpha value is -3.07. The molecule has 132 valence electrons. The van der Waals surface area contributed by atoms with E-state index < -0.39 is 21.8 Å². The normalized spacial score (nSPS) is 11.2. The molecule has 0 unspecified atom stereocenters. The van der Waals surface area contributed by atoms with Gasteiger partial charge in [0.05, 0.1) is 4.92 Å². The van der Waals surface area contributed by atoms with Crippen LogP contribution in [-0.2, 0) is 0 Å². The molecule has 1 aromatic carbocycles. The molecular formula is C16H19N5O4. The summed E-state index contributed by atoms with van der Waals surface area (Å²) in [5.74, 6) is -0.687. The zero-order chi connectivity index (χ0) is 18.8. The molecule has 0 atom stereocenters. The number of nitro benzene ring substituents is 1. The molecule has 0 radical (unpaired) electrons. The summed E-state index contributed by atoms with van der Waals surface area (Å²) in [6.45, 7) is 5.17. The highest BCUT2D eigenvalue weighted by Crippen LogP contribution is 2.22. The number of carbonyl (C=O) groups is 1. The van der Waals surface area contributed by atoms with Crippen molar-refractivity contribution in [1.29, 1.82) is 0 Å². The van der Waals surface area contributed by atoms with Crippen molar-refractivity contribution >= 4 is 11.6 Å². The molecule has 0 saturated carbocycles. The maximum atomic E-state index is 12.4. The number of para-hydroxylation sites is 2. The van der Waals surface area contributed by atoms with E-state index in [0.29, 0.717) is 5.69 Å². The van der Waals surface area contributed by atoms with Crippen molar-refractivity contribution in [3.05, 3.63) is 62.1 Å². The molecule has 0 aliphatic heterocycles. The van der Waals surface area contributed by atoms with Crippen molar-refractivity contribution in [3.63, 3.8) is 0 Å². The van der Waals surface area contributed by atoms with E-state index in [4.69, 9.17) is 5.73 Å². The lowest BCUT2D eigenvalue weighted by Gasteiger charge is -2.23. The molecule has 0 aliphatic rings. The molecule has 0 fully saturated rings. The van der Waals surface area contributed by atoms with E-state index in [0.717, 1.165) is 0 Å². The fourth-order valence-corrected chi connectivity index (χ4v) is 2.16. The third-order valence-corrected chi connectivity index (χ3v) is 3.59. The van der Waals surface area contributed by atoms with Gasteiger partial charge in [-0.15, -0.1) is 0 Å². The number of hydrogen-bond donors (Lipinski definition) is 2. The Labute approximate surface area is 143 Å². The monoisotopic (exact) mass is 345 g/mol. The summed E-state index contributed by atoms with van der Waals surface area (Å²) in [7, 11) is 0. The molecule has 9 nitrogen and oxygen atoms in total. The summed E-state index contributed by atoms with van der Waals surface area (Å²) in [5, 5.41) is 17.9. The lowest BCUT2D eigenvalue weighted by Crippen LogP contribution is -2.50. The topological polar surface area (TPSA) is 133 Å². The minimum Gasteiger partial charge on any atom is -0.344 e. The van der Waals surface area contributed by atoms with Gasteiger partial charge in [0, 0.05) is 29.9 Å². The number of aryl methyl sites for hydroxylation is 1. The van der Waals surface area contributed by atoms with Crippen LogP contribution in [0.1, 0.15) is 30.0 Å². The highest BCUT2D eigenvalue weighted by atomic mass is 16.6. The molecule has 9 heteroatoms. The zero-order valence-electron chi connectivity index (χ0n) is 14.1. The van der Waals surface area contributed by atoms with Gasteiger partial charge in [0.25, 0.3) is 11.6 Å². The molecule has 25 heavy (non-hydrogen) atoms. The van der Waals surface area contributed by atoms with Crippen molar-refractivity contribution < 1.29 is 9.72 Å². The Balaban J connectivity index is 2.58. The minimum absolute atomic E-state index is 0.164. The highest BCUT2D eigenvalue weighted by Gasteiger charge is 2.24. The second-order valence-electron chi connectivity index (χ2n) is 6.20. The molecule has 0 bridgehead atoms. The Morgan fingerprint density at radius 3 is 2.64 bits per heavy atom. The number of nitrogens with one attached hydrogen (secondary N) is 1. The SMILES string of the molecule is Cc1cc(=O)c(C(=O)NC(C)(C)CN)nn1-c1ccccc1[N+](=O)[O-]. The first-order valence-electron chi connectivity index (χ1n) is 7.53. The van der Waals surface area contributed by atoms with Gasteiger partial charge < -0.3 is 11.1 Å². The number of carbonyl (C=O) groups excluding carboxylic acids is 1. The molecule has 1 heterocycles. The molecule has 0 aliphatic carbocycles. The van der Waals surface area contributed by atoms with Crippen molar-refractivity contribution in [2.24, 2.45) is 5.73 Å². The van der Waals surface area contributed by atoms with Gasteiger partial charge in [0.2, 0.25) is 5.43 Å². The Kier molecular flexibility index (Phi) is 4.98. The molecule has 2 aromatic rings. The zero-order valence-corrected chi connectivity index (χ0v) is 14.1. The molecule has 0 saturated heterocycles. The minimum atomic E-state index is -0.723. The number of amides is 1. The molecular weight excluding hydrogens is 326 g/mol. The molecule has 0 spiro atoms. The maximum Gasteiger partial charge on any atom is 0.294 e. The van der Waals surface area contributed by atoms with Gasteiger partial charge in [0.15, 0.2) is 5.69 Å². The van der Waals surface area contributed by atoms with Crippen molar-refractivity contribution in [2.75, 3.05) is 6.54 Å². The van der Waals surface area contributed by atoms with Crippen LogP contribution in [0.5, 0.6) is 0 Å². The predicted octanol–water partition coefficient (Wildman–Crippen LogP) is 0.916. The second-order valence-corrected chi connectivity index (χ2v) is 6.20. The molecule has 1 amide bonds. The predicted molar refractivity (Wildman–Crippen MR) is 91.8 cm³/mol. The first-order chi connectivity index (χ1) is 11.7. The number of rotatable bonds is 5. The van der Waals surface area contributed by atoms with Crippen LogP contribution >= 0.6 is 0 Å². The quantitative estimate of drug-likeness (QED) is 0.611. The van der Waals surface area contributed by atoms with Gasteiger partial charge in [-0.05, 0) is 26.8 Å². The number of benzene rings is 1. The van der Waals surface area contributed by atoms with Crippen LogP contribution in [0.2, 0.25) is 0 Å². The van der Waals surface area contributed by atoms with E-state index in [1.54, 1.807) is 26.8 Å². The van der Waals surface area contributed by atoms with Crippen LogP contribution in [0.25, 0.3) is 5.69 Å². The summed E-state index contributed by atoms with van der Waals surface area (Å²) in [6, 6.07) is 7.17. The first kappa shape index (κ1) is 18.3. The van der Waals surface area contributed by atoms with Gasteiger partial charge in [-0.25, -0.2) is 4.68 Å². The summed E-state index contributed by atoms with van der Waals surface area (Å²) >= 11 is 0. The Bertz CT molecular complexity index is 888. The van der Waals surface area contributed by atoms with Crippen LogP contribution in [0, 0.1) is 17.0 Å². The highest BCUT2D eigenvalue weighted by molar-refractivity contribution is 5.92. The standard InChI is InChI=1S/C16H19N5O4/c1-10-8-13(22)14(15(23)18-16(2,3)9-17)19-20(10)11-6-4-5-7-12(11)21(24)25/h4-8H,9,17H2,1-3H3,(H,18,23). The molecule has 2 rings (SSSR count). The van der Waals surface area contributed by atoms with E-state index in [9.17, 15) is 19.7 Å². The number of nitro groups is 1. The second kappa shape index (κ2) is 6.81. The largest absolute Gasteiger partial charge is 0.344 e. The van der Waals surface area contributed by atoms with Gasteiger partial charge in [0.1, 0.15) is 5.69 Å². The fourth-order valence-electron chi connectivity index (χ4n) is 2.16. The van der Waals surface area contributed by atoms with Crippen LogP contribution in [0.4, 0.5) is 5.69 Å². The lowest BCUT2D eigenvalue weighted by atomic mass is 10.1. The van der Waals surface area contributed by atoms with E-state index in [1.165, 1.54) is 28.9 Å². The van der Waals surface area contributed by atoms with Crippen LogP contribution in [0.3, 0.4) is 0 Å². The third-order valence-electron chi connectivity index (χ3n) is 3.59. The summed E-state index contributed by atoms with van der Waals surface area (Å²) in [6.07, 6.45) is 0. The fraction of sp³-hybridized carbons (Fsp3) is 0.312. The lowest BCUT2D eigenvalue weighted by molar-refractivity contribution is -0.384. The van der Waals surface area contributed by atoms with E-state index in [-0.39, 0.29) is 23.6 Å². The Morgan fingerprint density at radius 1 is 1.40 bits per heavy atom. The summed E-state index contributed by atoms with van der Waals surface area (Å²) in [4.78, 5) is 35.2. The molecule has 1 aromatic heterocycles. The summed E-state index contributed by atoms with van der Waals surface area (Å²) < 4.78 is 1.21. The smallest absolute Gasteiger partial charge is 0.294 e. The third kappa shape index (κ3) is 3.89. The first-order valence-corrected chi connectivity index (χ1v) is 7.53. The van der Waals surface area contributed by atoms with Crippen LogP contribution in [-0.4, -0.2) is 32.7 Å². The Morgan fingerprint density at radius 2 is 2.04 bits per heavy atom. The van der Waals surface area contributed by atoms with Crippen molar-refractivity contribution in [1.82, 2.24) is 15.1 Å². The van der Waals surface area contributed by atoms with Gasteiger partial charge in [-0.1, -0.05) is 12.1 Å². The van der Waals surface area contributed by atoms with Gasteiger partial charge in [-0.2, -0.15) is 5.10 Å². The maximum absolute atomic E-state index is 12.4. The van der Waals surface area contributed by atoms with E-state index in [1.807, 2.05) is 0 Å².